The van der Waals surface area contributed by atoms with Gasteiger partial charge in [-0.15, -0.1) is 0 Å². The molecule has 2 aromatic carbocycles. The Kier molecular flexibility index (Phi) is 7.05. The van der Waals surface area contributed by atoms with E-state index in [1.54, 1.807) is 19.4 Å². The Morgan fingerprint density at radius 3 is 2.52 bits per heavy atom. The summed E-state index contributed by atoms with van der Waals surface area (Å²) in [5, 5.41) is 6.06. The first-order chi connectivity index (χ1) is 14.1. The molecule has 0 saturated heterocycles. The average Bonchev–Trinajstić information content (AvgIpc) is 2.73. The van der Waals surface area contributed by atoms with Gasteiger partial charge in [-0.25, -0.2) is 4.98 Å². The van der Waals surface area contributed by atoms with Crippen LogP contribution in [0.1, 0.15) is 11.1 Å². The van der Waals surface area contributed by atoms with Crippen LogP contribution in [0.25, 0.3) is 0 Å². The quantitative estimate of drug-likeness (QED) is 0.538. The normalized spacial score (nSPS) is 10.3. The minimum Gasteiger partial charge on any atom is -0.497 e. The summed E-state index contributed by atoms with van der Waals surface area (Å²) < 4.78 is 10.8. The fourth-order valence-electron chi connectivity index (χ4n) is 2.80. The Bertz CT molecular complexity index is 925. The van der Waals surface area contributed by atoms with Crippen molar-refractivity contribution in [3.05, 3.63) is 78.0 Å². The summed E-state index contributed by atoms with van der Waals surface area (Å²) in [4.78, 5) is 16.5. The topological polar surface area (TPSA) is 72.5 Å². The van der Waals surface area contributed by atoms with Gasteiger partial charge in [-0.1, -0.05) is 29.8 Å². The SMILES string of the molecule is COc1ccc(OCCNc2ccc(NC(=O)Cc3cccc(C)c3)nc2)cc1. The molecule has 0 fully saturated rings. The summed E-state index contributed by atoms with van der Waals surface area (Å²) in [5.41, 5.74) is 2.98. The van der Waals surface area contributed by atoms with Crippen LogP contribution < -0.4 is 20.1 Å². The highest BCUT2D eigenvalue weighted by atomic mass is 16.5. The number of carbonyl (C=O) groups is 1. The fourth-order valence-corrected chi connectivity index (χ4v) is 2.80. The Balaban J connectivity index is 1.40. The summed E-state index contributed by atoms with van der Waals surface area (Å²) in [6, 6.07) is 19.0. The van der Waals surface area contributed by atoms with Gasteiger partial charge in [-0.05, 0) is 48.9 Å². The van der Waals surface area contributed by atoms with Crippen LogP contribution in [0.3, 0.4) is 0 Å². The maximum Gasteiger partial charge on any atom is 0.229 e. The number of rotatable bonds is 9. The number of hydrogen-bond donors (Lipinski definition) is 2. The lowest BCUT2D eigenvalue weighted by atomic mass is 10.1. The lowest BCUT2D eigenvalue weighted by molar-refractivity contribution is -0.115. The number of hydrogen-bond acceptors (Lipinski definition) is 5. The molecule has 0 bridgehead atoms. The molecular weight excluding hydrogens is 366 g/mol. The van der Waals surface area contributed by atoms with Gasteiger partial charge >= 0.3 is 0 Å². The standard InChI is InChI=1S/C23H25N3O3/c1-17-4-3-5-18(14-17)15-23(27)26-22-11-6-19(16-25-22)24-12-13-29-21-9-7-20(28-2)8-10-21/h3-11,14,16,24H,12-13,15H2,1-2H3,(H,25,26,27). The molecule has 6 nitrogen and oxygen atoms in total. The molecule has 3 aromatic rings. The summed E-state index contributed by atoms with van der Waals surface area (Å²) in [7, 11) is 1.63. The molecule has 0 unspecified atom stereocenters. The van der Waals surface area contributed by atoms with Crippen LogP contribution in [0, 0.1) is 6.92 Å². The average molecular weight is 391 g/mol. The van der Waals surface area contributed by atoms with Gasteiger partial charge in [0.15, 0.2) is 0 Å². The van der Waals surface area contributed by atoms with E-state index in [1.165, 1.54) is 0 Å². The summed E-state index contributed by atoms with van der Waals surface area (Å²) in [5.74, 6) is 2.03. The van der Waals surface area contributed by atoms with Crippen molar-refractivity contribution in [2.45, 2.75) is 13.3 Å². The van der Waals surface area contributed by atoms with E-state index in [2.05, 4.69) is 15.6 Å². The highest BCUT2D eigenvalue weighted by Gasteiger charge is 2.05. The number of nitrogens with zero attached hydrogens (tertiary/aromatic N) is 1. The van der Waals surface area contributed by atoms with Crippen LogP contribution in [-0.2, 0) is 11.2 Å². The van der Waals surface area contributed by atoms with E-state index < -0.39 is 0 Å². The highest BCUT2D eigenvalue weighted by molar-refractivity contribution is 5.91. The molecule has 0 spiro atoms. The molecule has 0 saturated carbocycles. The fraction of sp³-hybridized carbons (Fsp3) is 0.217. The van der Waals surface area contributed by atoms with Crippen LogP contribution in [0.5, 0.6) is 11.5 Å². The minimum absolute atomic E-state index is 0.0864. The van der Waals surface area contributed by atoms with E-state index >= 15 is 0 Å². The van der Waals surface area contributed by atoms with Crippen LogP contribution in [-0.4, -0.2) is 31.2 Å². The van der Waals surface area contributed by atoms with Gasteiger partial charge in [0.05, 0.1) is 25.4 Å². The second kappa shape index (κ2) is 10.1. The predicted molar refractivity (Wildman–Crippen MR) is 115 cm³/mol. The summed E-state index contributed by atoms with van der Waals surface area (Å²) >= 11 is 0. The molecule has 150 valence electrons. The summed E-state index contributed by atoms with van der Waals surface area (Å²) in [6.07, 6.45) is 2.02. The van der Waals surface area contributed by atoms with E-state index in [0.717, 1.165) is 28.3 Å². The number of carbonyl (C=O) groups excluding carboxylic acids is 1. The first-order valence-electron chi connectivity index (χ1n) is 9.44. The van der Waals surface area contributed by atoms with E-state index in [0.29, 0.717) is 25.4 Å². The van der Waals surface area contributed by atoms with E-state index in [9.17, 15) is 4.79 Å². The van der Waals surface area contributed by atoms with Crippen LogP contribution in [0.4, 0.5) is 11.5 Å². The predicted octanol–water partition coefficient (Wildman–Crippen LogP) is 4.07. The van der Waals surface area contributed by atoms with Crippen molar-refractivity contribution in [2.75, 3.05) is 30.9 Å². The molecule has 6 heteroatoms. The number of amides is 1. The van der Waals surface area contributed by atoms with Gasteiger partial charge in [0.1, 0.15) is 23.9 Å². The number of aryl methyl sites for hydroxylation is 1. The monoisotopic (exact) mass is 391 g/mol. The second-order valence-corrected chi connectivity index (χ2v) is 6.60. The van der Waals surface area contributed by atoms with E-state index in [1.807, 2.05) is 61.5 Å². The molecule has 0 radical (unpaired) electrons. The van der Waals surface area contributed by atoms with Crippen molar-refractivity contribution in [1.82, 2.24) is 4.98 Å². The third-order valence-electron chi connectivity index (χ3n) is 4.24. The molecule has 0 aliphatic carbocycles. The lowest BCUT2D eigenvalue weighted by Crippen LogP contribution is -2.15. The molecule has 1 aromatic heterocycles. The van der Waals surface area contributed by atoms with Gasteiger partial charge in [0.25, 0.3) is 0 Å². The van der Waals surface area contributed by atoms with Gasteiger partial charge < -0.3 is 20.1 Å². The molecular formula is C23H25N3O3. The molecule has 0 aliphatic heterocycles. The molecule has 1 heterocycles. The number of pyridine rings is 1. The van der Waals surface area contributed by atoms with Crippen LogP contribution in [0.2, 0.25) is 0 Å². The zero-order chi connectivity index (χ0) is 20.5. The van der Waals surface area contributed by atoms with Crippen molar-refractivity contribution in [1.29, 1.82) is 0 Å². The van der Waals surface area contributed by atoms with Crippen molar-refractivity contribution < 1.29 is 14.3 Å². The number of ether oxygens (including phenoxy) is 2. The largest absolute Gasteiger partial charge is 0.497 e. The maximum atomic E-state index is 12.2. The Morgan fingerprint density at radius 2 is 1.83 bits per heavy atom. The van der Waals surface area contributed by atoms with Crippen molar-refractivity contribution >= 4 is 17.4 Å². The minimum atomic E-state index is -0.0864. The van der Waals surface area contributed by atoms with Crippen molar-refractivity contribution in [3.8, 4) is 11.5 Å². The first kappa shape index (κ1) is 20.2. The van der Waals surface area contributed by atoms with Gasteiger partial charge in [-0.2, -0.15) is 0 Å². The second-order valence-electron chi connectivity index (χ2n) is 6.60. The third-order valence-corrected chi connectivity index (χ3v) is 4.24. The number of nitrogens with one attached hydrogen (secondary N) is 2. The van der Waals surface area contributed by atoms with Gasteiger partial charge in [0.2, 0.25) is 5.91 Å². The lowest BCUT2D eigenvalue weighted by Gasteiger charge is -2.10. The molecule has 0 atom stereocenters. The smallest absolute Gasteiger partial charge is 0.229 e. The molecule has 2 N–H and O–H groups in total. The van der Waals surface area contributed by atoms with E-state index in [-0.39, 0.29) is 5.91 Å². The number of aromatic nitrogens is 1. The molecule has 29 heavy (non-hydrogen) atoms. The Labute approximate surface area is 170 Å². The molecule has 0 aliphatic rings. The number of benzene rings is 2. The summed E-state index contributed by atoms with van der Waals surface area (Å²) in [6.45, 7) is 3.16. The van der Waals surface area contributed by atoms with Crippen LogP contribution >= 0.6 is 0 Å². The third kappa shape index (κ3) is 6.53. The Hall–Kier alpha value is -3.54. The zero-order valence-corrected chi connectivity index (χ0v) is 16.6. The van der Waals surface area contributed by atoms with Crippen molar-refractivity contribution in [3.63, 3.8) is 0 Å². The first-order valence-corrected chi connectivity index (χ1v) is 9.44. The highest BCUT2D eigenvalue weighted by Crippen LogP contribution is 2.17. The Morgan fingerprint density at radius 1 is 1.03 bits per heavy atom. The molecule has 1 amide bonds. The maximum absolute atomic E-state index is 12.2. The molecule has 3 rings (SSSR count). The van der Waals surface area contributed by atoms with Gasteiger partial charge in [0, 0.05) is 6.54 Å². The zero-order valence-electron chi connectivity index (χ0n) is 16.6. The van der Waals surface area contributed by atoms with Gasteiger partial charge in [-0.3, -0.25) is 4.79 Å². The van der Waals surface area contributed by atoms with E-state index in [4.69, 9.17) is 9.47 Å². The number of methoxy groups -OCH3 is 1. The van der Waals surface area contributed by atoms with Crippen molar-refractivity contribution in [2.24, 2.45) is 0 Å². The van der Waals surface area contributed by atoms with Crippen LogP contribution in [0.15, 0.2) is 66.9 Å². The number of anilines is 2.